The molecule has 0 atom stereocenters. The lowest BCUT2D eigenvalue weighted by molar-refractivity contribution is -0.0757. The third-order valence-electron chi connectivity index (χ3n) is 5.45. The molecule has 8 nitrogen and oxygen atoms in total. The Balaban J connectivity index is 1.62. The molecule has 160 valence electrons. The van der Waals surface area contributed by atoms with Crippen molar-refractivity contribution in [1.29, 1.82) is 0 Å². The summed E-state index contributed by atoms with van der Waals surface area (Å²) in [7, 11) is 3.02. The molecule has 2 amide bonds. The molecule has 1 fully saturated rings. The molecular weight excluding hydrogens is 386 g/mol. The van der Waals surface area contributed by atoms with Gasteiger partial charge >= 0.3 is 6.09 Å². The van der Waals surface area contributed by atoms with Crippen molar-refractivity contribution in [3.63, 3.8) is 0 Å². The van der Waals surface area contributed by atoms with Crippen LogP contribution < -0.4 is 4.74 Å². The van der Waals surface area contributed by atoms with Crippen LogP contribution in [0.15, 0.2) is 36.4 Å². The van der Waals surface area contributed by atoms with E-state index in [2.05, 4.69) is 4.98 Å². The molecule has 1 aromatic heterocycles. The van der Waals surface area contributed by atoms with E-state index < -0.39 is 6.09 Å². The lowest BCUT2D eigenvalue weighted by atomic mass is 9.93. The Bertz CT molecular complexity index is 909. The fourth-order valence-electron chi connectivity index (χ4n) is 3.51. The second-order valence-corrected chi connectivity index (χ2v) is 7.36. The van der Waals surface area contributed by atoms with E-state index in [9.17, 15) is 9.59 Å². The molecule has 1 aliphatic rings. The Labute approximate surface area is 176 Å². The highest BCUT2D eigenvalue weighted by Crippen LogP contribution is 2.28. The molecule has 0 saturated carbocycles. The molecule has 2 heterocycles. The second kappa shape index (κ2) is 9.58. The van der Waals surface area contributed by atoms with Crippen LogP contribution in [-0.2, 0) is 11.4 Å². The Kier molecular flexibility index (Phi) is 6.89. The van der Waals surface area contributed by atoms with Crippen molar-refractivity contribution in [2.45, 2.75) is 32.3 Å². The number of ether oxygens (including phenoxy) is 1. The average molecular weight is 413 g/mol. The van der Waals surface area contributed by atoms with E-state index in [-0.39, 0.29) is 11.8 Å². The van der Waals surface area contributed by atoms with Gasteiger partial charge in [-0.2, -0.15) is 0 Å². The van der Waals surface area contributed by atoms with Crippen LogP contribution in [0.1, 0.15) is 45.9 Å². The van der Waals surface area contributed by atoms with Crippen LogP contribution in [0.3, 0.4) is 0 Å². The predicted octanol–water partition coefficient (Wildman–Crippen LogP) is 3.46. The number of likely N-dealkylation sites (tertiary alicyclic amines) is 1. The van der Waals surface area contributed by atoms with E-state index in [1.165, 1.54) is 17.1 Å². The second-order valence-electron chi connectivity index (χ2n) is 7.36. The van der Waals surface area contributed by atoms with Gasteiger partial charge in [0, 0.05) is 43.4 Å². The topological polar surface area (TPSA) is 92.2 Å². The van der Waals surface area contributed by atoms with Crippen LogP contribution >= 0.6 is 0 Å². The first-order valence-electron chi connectivity index (χ1n) is 9.88. The summed E-state index contributed by atoms with van der Waals surface area (Å²) in [6, 6.07) is 11.1. The number of rotatable bonds is 6. The molecule has 1 N–H and O–H groups in total. The average Bonchev–Trinajstić information content (AvgIpc) is 2.77. The van der Waals surface area contributed by atoms with Gasteiger partial charge in [0.05, 0.1) is 7.11 Å². The highest BCUT2D eigenvalue weighted by Gasteiger charge is 2.24. The van der Waals surface area contributed by atoms with Gasteiger partial charge in [0.1, 0.15) is 6.61 Å². The monoisotopic (exact) mass is 413 g/mol. The number of carboxylic acid groups (broad SMARTS) is 1. The molecule has 30 heavy (non-hydrogen) atoms. The van der Waals surface area contributed by atoms with Crippen molar-refractivity contribution in [3.8, 4) is 5.88 Å². The first-order valence-corrected chi connectivity index (χ1v) is 9.88. The van der Waals surface area contributed by atoms with Crippen molar-refractivity contribution in [3.05, 3.63) is 58.8 Å². The lowest BCUT2D eigenvalue weighted by Gasteiger charge is -2.29. The number of amides is 2. The summed E-state index contributed by atoms with van der Waals surface area (Å²) in [4.78, 5) is 34.3. The number of hydroxylamine groups is 2. The molecule has 8 heteroatoms. The van der Waals surface area contributed by atoms with Gasteiger partial charge in [-0.25, -0.2) is 14.8 Å². The molecule has 0 aliphatic carbocycles. The number of aromatic nitrogens is 1. The number of hydrogen-bond donors (Lipinski definition) is 1. The first-order chi connectivity index (χ1) is 14.4. The first kappa shape index (κ1) is 21.6. The smallest absolute Gasteiger partial charge is 0.407 e. The predicted molar refractivity (Wildman–Crippen MR) is 110 cm³/mol. The van der Waals surface area contributed by atoms with Gasteiger partial charge in [-0.3, -0.25) is 9.63 Å². The summed E-state index contributed by atoms with van der Waals surface area (Å²) < 4.78 is 5.90. The molecular formula is C22H27N3O5. The Morgan fingerprint density at radius 2 is 1.97 bits per heavy atom. The zero-order chi connectivity index (χ0) is 21.7. The molecule has 0 bridgehead atoms. The Morgan fingerprint density at radius 1 is 1.23 bits per heavy atom. The summed E-state index contributed by atoms with van der Waals surface area (Å²) in [5.41, 5.74) is 3.39. The van der Waals surface area contributed by atoms with Crippen LogP contribution in [0.2, 0.25) is 0 Å². The van der Waals surface area contributed by atoms with E-state index in [1.807, 2.05) is 37.3 Å². The number of pyridine rings is 1. The van der Waals surface area contributed by atoms with Gasteiger partial charge in [0.15, 0.2) is 0 Å². The summed E-state index contributed by atoms with van der Waals surface area (Å²) in [6.45, 7) is 3.32. The summed E-state index contributed by atoms with van der Waals surface area (Å²) in [6.07, 6.45) is 0.649. The third kappa shape index (κ3) is 5.07. The van der Waals surface area contributed by atoms with E-state index in [1.54, 1.807) is 13.1 Å². The normalized spacial score (nSPS) is 14.4. The lowest BCUT2D eigenvalue weighted by Crippen LogP contribution is -2.36. The van der Waals surface area contributed by atoms with Crippen LogP contribution in [0.5, 0.6) is 5.88 Å². The summed E-state index contributed by atoms with van der Waals surface area (Å²) in [5, 5.41) is 10.3. The molecule has 1 saturated heterocycles. The van der Waals surface area contributed by atoms with Gasteiger partial charge < -0.3 is 14.7 Å². The van der Waals surface area contributed by atoms with Gasteiger partial charge in [0.2, 0.25) is 5.88 Å². The number of aryl methyl sites for hydroxylation is 1. The van der Waals surface area contributed by atoms with E-state index in [4.69, 9.17) is 14.7 Å². The SMILES string of the molecule is CON(C)C(=O)c1ccc(COc2cccc(C3CCN(C(=O)O)CC3)n2)c(C)c1. The maximum Gasteiger partial charge on any atom is 0.407 e. The number of piperidine rings is 1. The fraction of sp³-hybridized carbons (Fsp3) is 0.409. The van der Waals surface area contributed by atoms with Crippen molar-refractivity contribution < 1.29 is 24.3 Å². The van der Waals surface area contributed by atoms with Gasteiger partial charge in [-0.15, -0.1) is 0 Å². The maximum atomic E-state index is 12.2. The van der Waals surface area contributed by atoms with Crippen LogP contribution in [0, 0.1) is 6.92 Å². The number of hydrogen-bond acceptors (Lipinski definition) is 5. The molecule has 0 unspecified atom stereocenters. The van der Waals surface area contributed by atoms with Crippen LogP contribution in [0.25, 0.3) is 0 Å². The molecule has 1 aromatic carbocycles. The highest BCUT2D eigenvalue weighted by molar-refractivity contribution is 5.93. The minimum absolute atomic E-state index is 0.212. The van der Waals surface area contributed by atoms with Crippen LogP contribution in [-0.4, -0.2) is 59.3 Å². The van der Waals surface area contributed by atoms with E-state index >= 15 is 0 Å². The van der Waals surface area contributed by atoms with Crippen molar-refractivity contribution >= 4 is 12.0 Å². The number of carbonyl (C=O) groups is 2. The molecule has 3 rings (SSSR count). The quantitative estimate of drug-likeness (QED) is 0.729. The van der Waals surface area contributed by atoms with Gasteiger partial charge in [0.25, 0.3) is 5.91 Å². The summed E-state index contributed by atoms with van der Waals surface area (Å²) in [5.74, 6) is 0.553. The minimum atomic E-state index is -0.865. The largest absolute Gasteiger partial charge is 0.473 e. The molecule has 0 radical (unpaired) electrons. The molecule has 0 spiro atoms. The fourth-order valence-corrected chi connectivity index (χ4v) is 3.51. The van der Waals surface area contributed by atoms with Gasteiger partial charge in [-0.05, 0) is 49.1 Å². The number of carbonyl (C=O) groups excluding carboxylic acids is 1. The number of nitrogens with zero attached hydrogens (tertiary/aromatic N) is 3. The Morgan fingerprint density at radius 3 is 2.60 bits per heavy atom. The van der Waals surface area contributed by atoms with Crippen LogP contribution in [0.4, 0.5) is 4.79 Å². The third-order valence-corrected chi connectivity index (χ3v) is 5.45. The van der Waals surface area contributed by atoms with Gasteiger partial charge in [-0.1, -0.05) is 12.1 Å². The maximum absolute atomic E-state index is 12.2. The van der Waals surface area contributed by atoms with E-state index in [0.717, 1.165) is 29.7 Å². The van der Waals surface area contributed by atoms with Crippen molar-refractivity contribution in [2.24, 2.45) is 0 Å². The zero-order valence-corrected chi connectivity index (χ0v) is 17.5. The summed E-state index contributed by atoms with van der Waals surface area (Å²) >= 11 is 0. The van der Waals surface area contributed by atoms with E-state index in [0.29, 0.717) is 31.1 Å². The highest BCUT2D eigenvalue weighted by atomic mass is 16.7. The zero-order valence-electron chi connectivity index (χ0n) is 17.5. The standard InChI is InChI=1S/C22H27N3O5/c1-15-13-17(21(26)24(2)29-3)7-8-18(15)14-30-20-6-4-5-19(23-20)16-9-11-25(12-10-16)22(27)28/h4-8,13,16H,9-12,14H2,1-3H3,(H,27,28). The molecule has 2 aromatic rings. The minimum Gasteiger partial charge on any atom is -0.473 e. The van der Waals surface area contributed by atoms with Crippen molar-refractivity contribution in [2.75, 3.05) is 27.2 Å². The molecule has 1 aliphatic heterocycles. The Hall–Kier alpha value is -3.13. The number of benzene rings is 1. The van der Waals surface area contributed by atoms with Crippen molar-refractivity contribution in [1.82, 2.24) is 14.9 Å².